The second-order valence-electron chi connectivity index (χ2n) is 5.19. The van der Waals surface area contributed by atoms with Crippen LogP contribution < -0.4 is 5.73 Å². The van der Waals surface area contributed by atoms with E-state index < -0.39 is 10.0 Å². The van der Waals surface area contributed by atoms with Crippen LogP contribution in [0.15, 0.2) is 10.4 Å². The van der Waals surface area contributed by atoms with Crippen molar-refractivity contribution in [1.82, 2.24) is 9.29 Å². The Labute approximate surface area is 123 Å². The maximum absolute atomic E-state index is 12.4. The first-order valence-electron chi connectivity index (χ1n) is 6.16. The van der Waals surface area contributed by atoms with Gasteiger partial charge in [-0.15, -0.1) is 23.7 Å². The highest BCUT2D eigenvalue weighted by atomic mass is 35.5. The number of hydrogen-bond acceptors (Lipinski definition) is 5. The number of thiazole rings is 1. The van der Waals surface area contributed by atoms with Crippen molar-refractivity contribution in [1.29, 1.82) is 0 Å². The summed E-state index contributed by atoms with van der Waals surface area (Å²) in [6.07, 6.45) is 3.55. The Hall–Kier alpha value is -0.210. The van der Waals surface area contributed by atoms with Crippen molar-refractivity contribution >= 4 is 33.8 Å². The molecule has 19 heavy (non-hydrogen) atoms. The van der Waals surface area contributed by atoms with Crippen molar-refractivity contribution < 1.29 is 8.42 Å². The molecule has 108 valence electrons. The fraction of sp³-hybridized carbons (Fsp3) is 0.727. The molecule has 1 saturated carbocycles. The van der Waals surface area contributed by atoms with Crippen LogP contribution in [0, 0.1) is 18.8 Å². The maximum atomic E-state index is 12.4. The number of sulfonamides is 1. The summed E-state index contributed by atoms with van der Waals surface area (Å²) < 4.78 is 26.8. The van der Waals surface area contributed by atoms with E-state index in [-0.39, 0.29) is 18.4 Å². The van der Waals surface area contributed by atoms with Gasteiger partial charge in [0.1, 0.15) is 0 Å². The Kier molecular flexibility index (Phi) is 4.23. The highest BCUT2D eigenvalue weighted by Gasteiger charge is 2.45. The van der Waals surface area contributed by atoms with E-state index in [9.17, 15) is 8.42 Å². The molecule has 8 heteroatoms. The Balaban J connectivity index is 0.00000133. The molecule has 0 spiro atoms. The lowest BCUT2D eigenvalue weighted by atomic mass is 9.98. The molecule has 0 amide bonds. The van der Waals surface area contributed by atoms with E-state index in [0.717, 1.165) is 17.8 Å². The lowest BCUT2D eigenvalue weighted by Gasteiger charge is -2.17. The van der Waals surface area contributed by atoms with E-state index in [0.29, 0.717) is 29.1 Å². The molecule has 1 saturated heterocycles. The number of aromatic nitrogens is 1. The minimum atomic E-state index is -3.35. The van der Waals surface area contributed by atoms with E-state index in [1.807, 2.05) is 6.92 Å². The Morgan fingerprint density at radius 2 is 2.16 bits per heavy atom. The lowest BCUT2D eigenvalue weighted by molar-refractivity contribution is 0.428. The Morgan fingerprint density at radius 3 is 2.74 bits per heavy atom. The zero-order valence-corrected chi connectivity index (χ0v) is 13.1. The largest absolute Gasteiger partial charge is 0.327 e. The molecule has 3 rings (SSSR count). The number of halogens is 1. The molecule has 0 radical (unpaired) electrons. The van der Waals surface area contributed by atoms with Crippen molar-refractivity contribution in [3.8, 4) is 0 Å². The number of fused-ring (bicyclic) bond motifs is 1. The van der Waals surface area contributed by atoms with Gasteiger partial charge < -0.3 is 5.73 Å². The molecule has 1 aliphatic carbocycles. The summed E-state index contributed by atoms with van der Waals surface area (Å²) >= 11 is 1.24. The van der Waals surface area contributed by atoms with E-state index in [1.165, 1.54) is 17.5 Å². The van der Waals surface area contributed by atoms with Crippen molar-refractivity contribution in [3.05, 3.63) is 11.2 Å². The predicted molar refractivity (Wildman–Crippen MR) is 77.0 cm³/mol. The van der Waals surface area contributed by atoms with Gasteiger partial charge in [-0.1, -0.05) is 0 Å². The summed E-state index contributed by atoms with van der Waals surface area (Å²) in [6, 6.07) is 0.165. The van der Waals surface area contributed by atoms with E-state index in [1.54, 1.807) is 4.31 Å². The smallest absolute Gasteiger partial charge is 0.254 e. The number of nitrogens with two attached hydrogens (primary N) is 1. The summed E-state index contributed by atoms with van der Waals surface area (Å²) in [4.78, 5) is 4.03. The van der Waals surface area contributed by atoms with Crippen molar-refractivity contribution in [2.45, 2.75) is 30.0 Å². The molecule has 2 N–H and O–H groups in total. The molecule has 2 aliphatic rings. The van der Waals surface area contributed by atoms with Crippen LogP contribution in [0.2, 0.25) is 0 Å². The summed E-state index contributed by atoms with van der Waals surface area (Å²) in [7, 11) is -3.35. The van der Waals surface area contributed by atoms with Crippen molar-refractivity contribution in [3.63, 3.8) is 0 Å². The third-order valence-corrected chi connectivity index (χ3v) is 7.25. The zero-order chi connectivity index (χ0) is 12.9. The molecule has 2 fully saturated rings. The molecule has 3 atom stereocenters. The highest BCUT2D eigenvalue weighted by Crippen LogP contribution is 2.39. The minimum Gasteiger partial charge on any atom is -0.327 e. The molecule has 1 aliphatic heterocycles. The quantitative estimate of drug-likeness (QED) is 0.888. The minimum absolute atomic E-state index is 0. The van der Waals surface area contributed by atoms with Gasteiger partial charge in [-0.3, -0.25) is 0 Å². The third-order valence-electron chi connectivity index (χ3n) is 4.07. The number of nitrogens with zero attached hydrogens (tertiary/aromatic N) is 2. The number of hydrogen-bond donors (Lipinski definition) is 1. The van der Waals surface area contributed by atoms with E-state index >= 15 is 0 Å². The molecule has 0 aromatic carbocycles. The summed E-state index contributed by atoms with van der Waals surface area (Å²) in [5, 5.41) is 0.782. The standard InChI is InChI=1S/C11H17N3O2S2.ClH/c1-7-13-4-11(17-7)18(15,16)14-5-8-2-3-10(12)9(8)6-14;/h4,8-10H,2-3,5-6,12H2,1H3;1H. The second-order valence-corrected chi connectivity index (χ2v) is 8.59. The van der Waals surface area contributed by atoms with E-state index in [4.69, 9.17) is 5.73 Å². The molecule has 0 bridgehead atoms. The third kappa shape index (κ3) is 2.54. The number of aryl methyl sites for hydroxylation is 1. The van der Waals surface area contributed by atoms with Gasteiger partial charge in [0.15, 0.2) is 4.21 Å². The maximum Gasteiger partial charge on any atom is 0.254 e. The normalized spacial score (nSPS) is 31.2. The zero-order valence-electron chi connectivity index (χ0n) is 10.7. The SMILES string of the molecule is Cc1ncc(S(=O)(=O)N2CC3CCC(N)C3C2)s1.Cl. The van der Waals surface area contributed by atoms with Crippen molar-refractivity contribution in [2.24, 2.45) is 17.6 Å². The van der Waals surface area contributed by atoms with Gasteiger partial charge in [-0.25, -0.2) is 13.4 Å². The predicted octanol–water partition coefficient (Wildman–Crippen LogP) is 1.23. The van der Waals surface area contributed by atoms with Crippen LogP contribution >= 0.6 is 23.7 Å². The van der Waals surface area contributed by atoms with Gasteiger partial charge in [0.05, 0.1) is 11.2 Å². The van der Waals surface area contributed by atoms with Crippen molar-refractivity contribution in [2.75, 3.05) is 13.1 Å². The monoisotopic (exact) mass is 323 g/mol. The molecular weight excluding hydrogens is 306 g/mol. The average Bonchev–Trinajstić information content (AvgIpc) is 2.96. The first-order chi connectivity index (χ1) is 8.48. The second kappa shape index (κ2) is 5.29. The first-order valence-corrected chi connectivity index (χ1v) is 8.42. The van der Waals surface area contributed by atoms with E-state index in [2.05, 4.69) is 4.98 Å². The van der Waals surface area contributed by atoms with Gasteiger partial charge in [-0.05, 0) is 31.6 Å². The van der Waals surface area contributed by atoms with Crippen LogP contribution in [-0.4, -0.2) is 36.8 Å². The fourth-order valence-corrected chi connectivity index (χ4v) is 5.85. The van der Waals surface area contributed by atoms with Gasteiger partial charge in [0, 0.05) is 19.1 Å². The first kappa shape index (κ1) is 15.2. The van der Waals surface area contributed by atoms with Gasteiger partial charge >= 0.3 is 0 Å². The van der Waals surface area contributed by atoms with Crippen LogP contribution in [-0.2, 0) is 10.0 Å². The highest BCUT2D eigenvalue weighted by molar-refractivity contribution is 7.91. The van der Waals surface area contributed by atoms with Crippen LogP contribution in [0.1, 0.15) is 17.8 Å². The van der Waals surface area contributed by atoms with Crippen LogP contribution in [0.4, 0.5) is 0 Å². The van der Waals surface area contributed by atoms with Crippen LogP contribution in [0.5, 0.6) is 0 Å². The molecule has 1 aromatic rings. The molecular formula is C11H18ClN3O2S2. The topological polar surface area (TPSA) is 76.3 Å². The molecule has 2 heterocycles. The molecule has 3 unspecified atom stereocenters. The lowest BCUT2D eigenvalue weighted by Crippen LogP contribution is -2.33. The molecule has 5 nitrogen and oxygen atoms in total. The Bertz CT molecular complexity index is 560. The van der Waals surface area contributed by atoms with Gasteiger partial charge in [0.2, 0.25) is 0 Å². The average molecular weight is 324 g/mol. The number of rotatable bonds is 2. The summed E-state index contributed by atoms with van der Waals surface area (Å²) in [5.41, 5.74) is 6.04. The van der Waals surface area contributed by atoms with Gasteiger partial charge in [-0.2, -0.15) is 4.31 Å². The van der Waals surface area contributed by atoms with Crippen LogP contribution in [0.25, 0.3) is 0 Å². The molecule has 1 aromatic heterocycles. The van der Waals surface area contributed by atoms with Gasteiger partial charge in [0.25, 0.3) is 10.0 Å². The fourth-order valence-electron chi connectivity index (χ4n) is 3.05. The summed E-state index contributed by atoms with van der Waals surface area (Å²) in [6.45, 7) is 3.01. The summed E-state index contributed by atoms with van der Waals surface area (Å²) in [5.74, 6) is 0.789. The van der Waals surface area contributed by atoms with Crippen LogP contribution in [0.3, 0.4) is 0 Å². The Morgan fingerprint density at radius 1 is 1.42 bits per heavy atom.